The van der Waals surface area contributed by atoms with Gasteiger partial charge in [-0.15, -0.1) is 0 Å². The summed E-state index contributed by atoms with van der Waals surface area (Å²) < 4.78 is 11.9. The van der Waals surface area contributed by atoms with Crippen LogP contribution < -0.4 is 15.6 Å². The molecule has 0 unspecified atom stereocenters. The molecule has 2 heterocycles. The van der Waals surface area contributed by atoms with Crippen LogP contribution in [0.4, 0.5) is 5.69 Å². The molecule has 2 N–H and O–H groups in total. The van der Waals surface area contributed by atoms with Crippen molar-refractivity contribution in [1.29, 1.82) is 0 Å². The summed E-state index contributed by atoms with van der Waals surface area (Å²) in [6, 6.07) is 15.1. The van der Waals surface area contributed by atoms with Gasteiger partial charge in [0.15, 0.2) is 16.6 Å². The van der Waals surface area contributed by atoms with E-state index in [9.17, 15) is 14.4 Å². The van der Waals surface area contributed by atoms with Crippen molar-refractivity contribution in [3.63, 3.8) is 0 Å². The SMILES string of the molecule is CCOC(=O)c1ccc(NC(=O)CSc2nc(-c3ccc(OCC)cc3)nc3cc(=O)[nH]n23)cc1. The van der Waals surface area contributed by atoms with E-state index in [1.54, 1.807) is 31.2 Å². The van der Waals surface area contributed by atoms with E-state index >= 15 is 0 Å². The molecule has 4 aromatic rings. The van der Waals surface area contributed by atoms with Crippen LogP contribution in [0.1, 0.15) is 24.2 Å². The first-order chi connectivity index (χ1) is 17.0. The van der Waals surface area contributed by atoms with E-state index in [4.69, 9.17) is 9.47 Å². The Morgan fingerprint density at radius 3 is 2.46 bits per heavy atom. The number of carbonyl (C=O) groups is 2. The lowest BCUT2D eigenvalue weighted by molar-refractivity contribution is -0.113. The van der Waals surface area contributed by atoms with Crippen LogP contribution in [0.2, 0.25) is 0 Å². The fraction of sp³-hybridized carbons (Fsp3) is 0.208. The Hall–Kier alpha value is -4.12. The maximum Gasteiger partial charge on any atom is 0.338 e. The highest BCUT2D eigenvalue weighted by Crippen LogP contribution is 2.24. The van der Waals surface area contributed by atoms with Gasteiger partial charge in [-0.2, -0.15) is 0 Å². The number of benzene rings is 2. The zero-order chi connectivity index (χ0) is 24.8. The molecule has 0 fully saturated rings. The third-order valence-corrected chi connectivity index (χ3v) is 5.70. The molecule has 0 atom stereocenters. The minimum atomic E-state index is -0.419. The number of aromatic amines is 1. The van der Waals surface area contributed by atoms with Crippen LogP contribution in [0.3, 0.4) is 0 Å². The largest absolute Gasteiger partial charge is 0.494 e. The lowest BCUT2D eigenvalue weighted by Gasteiger charge is -2.09. The minimum Gasteiger partial charge on any atom is -0.494 e. The number of H-pyrrole nitrogens is 1. The number of ether oxygens (including phenoxy) is 2. The van der Waals surface area contributed by atoms with Gasteiger partial charge in [-0.25, -0.2) is 19.3 Å². The Morgan fingerprint density at radius 2 is 1.77 bits per heavy atom. The summed E-state index contributed by atoms with van der Waals surface area (Å²) in [5.41, 5.74) is 1.77. The number of esters is 1. The number of aromatic nitrogens is 4. The van der Waals surface area contributed by atoms with Crippen molar-refractivity contribution in [2.75, 3.05) is 24.3 Å². The summed E-state index contributed by atoms with van der Waals surface area (Å²) in [6.07, 6.45) is 0. The van der Waals surface area contributed by atoms with Gasteiger partial charge < -0.3 is 14.8 Å². The van der Waals surface area contributed by atoms with Gasteiger partial charge in [0.05, 0.1) is 24.5 Å². The van der Waals surface area contributed by atoms with E-state index in [2.05, 4.69) is 20.4 Å². The lowest BCUT2D eigenvalue weighted by Crippen LogP contribution is -2.15. The summed E-state index contributed by atoms with van der Waals surface area (Å²) in [6.45, 7) is 4.50. The van der Waals surface area contributed by atoms with Gasteiger partial charge in [-0.1, -0.05) is 11.8 Å². The first-order valence-electron chi connectivity index (χ1n) is 10.9. The molecular weight excluding hydrogens is 470 g/mol. The predicted molar refractivity (Wildman–Crippen MR) is 132 cm³/mol. The number of fused-ring (bicyclic) bond motifs is 1. The van der Waals surface area contributed by atoms with Gasteiger partial charge >= 0.3 is 5.97 Å². The molecule has 0 aliphatic rings. The van der Waals surface area contributed by atoms with Crippen LogP contribution >= 0.6 is 11.8 Å². The molecule has 4 rings (SSSR count). The summed E-state index contributed by atoms with van der Waals surface area (Å²) in [5, 5.41) is 5.84. The highest BCUT2D eigenvalue weighted by Gasteiger charge is 2.14. The third-order valence-electron chi connectivity index (χ3n) is 4.76. The number of anilines is 1. The molecule has 0 bridgehead atoms. The van der Waals surface area contributed by atoms with Gasteiger partial charge in [-0.3, -0.25) is 14.7 Å². The molecule has 10 nitrogen and oxygen atoms in total. The second kappa shape index (κ2) is 10.9. The van der Waals surface area contributed by atoms with E-state index < -0.39 is 5.97 Å². The minimum absolute atomic E-state index is 0.0364. The maximum absolute atomic E-state index is 12.5. The first-order valence-corrected chi connectivity index (χ1v) is 11.9. The van der Waals surface area contributed by atoms with Crippen LogP contribution in [0.15, 0.2) is 64.5 Å². The van der Waals surface area contributed by atoms with Crippen molar-refractivity contribution in [1.82, 2.24) is 19.6 Å². The molecule has 1 amide bonds. The second-order valence-corrected chi connectivity index (χ2v) is 8.18. The normalized spacial score (nSPS) is 10.8. The average Bonchev–Trinajstić information content (AvgIpc) is 3.24. The van der Waals surface area contributed by atoms with Crippen molar-refractivity contribution in [2.45, 2.75) is 19.0 Å². The zero-order valence-electron chi connectivity index (χ0n) is 19.1. The molecular formula is C24H23N5O5S. The highest BCUT2D eigenvalue weighted by atomic mass is 32.2. The van der Waals surface area contributed by atoms with Crippen LogP contribution in [-0.4, -0.2) is 50.4 Å². The van der Waals surface area contributed by atoms with Gasteiger partial charge in [0.25, 0.3) is 5.56 Å². The summed E-state index contributed by atoms with van der Waals surface area (Å²) in [4.78, 5) is 45.2. The second-order valence-electron chi connectivity index (χ2n) is 7.24. The summed E-state index contributed by atoms with van der Waals surface area (Å²) >= 11 is 1.16. The Kier molecular flexibility index (Phi) is 7.46. The Bertz CT molecular complexity index is 1400. The van der Waals surface area contributed by atoms with Crippen LogP contribution in [0.5, 0.6) is 5.75 Å². The first kappa shape index (κ1) is 24.0. The van der Waals surface area contributed by atoms with Gasteiger partial charge in [-0.05, 0) is 62.4 Å². The molecule has 0 saturated carbocycles. The zero-order valence-corrected chi connectivity index (χ0v) is 19.9. The number of rotatable bonds is 9. The molecule has 0 aliphatic heterocycles. The number of nitrogens with zero attached hydrogens (tertiary/aromatic N) is 3. The fourth-order valence-electron chi connectivity index (χ4n) is 3.21. The number of carbonyl (C=O) groups excluding carboxylic acids is 2. The number of hydrogen-bond donors (Lipinski definition) is 2. The molecule has 11 heteroatoms. The smallest absolute Gasteiger partial charge is 0.338 e. The average molecular weight is 494 g/mol. The van der Waals surface area contributed by atoms with E-state index in [-0.39, 0.29) is 23.8 Å². The van der Waals surface area contributed by atoms with E-state index in [0.717, 1.165) is 23.1 Å². The molecule has 0 radical (unpaired) electrons. The fourth-order valence-corrected chi connectivity index (χ4v) is 3.96. The maximum atomic E-state index is 12.5. The number of amides is 1. The number of thioether (sulfide) groups is 1. The van der Waals surface area contributed by atoms with Crippen LogP contribution in [-0.2, 0) is 9.53 Å². The van der Waals surface area contributed by atoms with Crippen molar-refractivity contribution in [3.05, 3.63) is 70.5 Å². The number of nitrogens with one attached hydrogen (secondary N) is 2. The van der Waals surface area contributed by atoms with Crippen molar-refractivity contribution < 1.29 is 19.1 Å². The third kappa shape index (κ3) is 5.87. The lowest BCUT2D eigenvalue weighted by atomic mass is 10.2. The van der Waals surface area contributed by atoms with E-state index in [1.807, 2.05) is 31.2 Å². The molecule has 0 saturated heterocycles. The van der Waals surface area contributed by atoms with E-state index in [0.29, 0.717) is 34.5 Å². The molecule has 180 valence electrons. The topological polar surface area (TPSA) is 128 Å². The van der Waals surface area contributed by atoms with Crippen molar-refractivity contribution in [3.8, 4) is 17.1 Å². The molecule has 2 aromatic heterocycles. The summed E-state index contributed by atoms with van der Waals surface area (Å²) in [7, 11) is 0. The predicted octanol–water partition coefficient (Wildman–Crippen LogP) is 3.39. The monoisotopic (exact) mass is 493 g/mol. The van der Waals surface area contributed by atoms with Crippen LogP contribution in [0.25, 0.3) is 17.0 Å². The summed E-state index contributed by atoms with van der Waals surface area (Å²) in [5.74, 6) is 0.496. The van der Waals surface area contributed by atoms with Gasteiger partial charge in [0.2, 0.25) is 5.91 Å². The molecule has 35 heavy (non-hydrogen) atoms. The van der Waals surface area contributed by atoms with Gasteiger partial charge in [0.1, 0.15) is 5.75 Å². The van der Waals surface area contributed by atoms with Crippen LogP contribution in [0, 0.1) is 0 Å². The standard InChI is InChI=1S/C24H23N5O5S/c1-3-33-18-11-7-15(8-12-18)22-26-19-13-20(30)28-29(19)24(27-22)35-14-21(31)25-17-9-5-16(6-10-17)23(32)34-4-2/h5-13H,3-4,14H2,1-2H3,(H,25,31)(H,28,30). The molecule has 0 spiro atoms. The van der Waals surface area contributed by atoms with E-state index in [1.165, 1.54) is 10.6 Å². The number of hydrogen-bond acceptors (Lipinski definition) is 8. The Labute approximate surface area is 204 Å². The van der Waals surface area contributed by atoms with Gasteiger partial charge in [0, 0.05) is 17.3 Å². The Balaban J connectivity index is 1.49. The highest BCUT2D eigenvalue weighted by molar-refractivity contribution is 7.99. The quantitative estimate of drug-likeness (QED) is 0.268. The van der Waals surface area contributed by atoms with Crippen molar-refractivity contribution in [2.24, 2.45) is 0 Å². The molecule has 2 aromatic carbocycles. The Morgan fingerprint density at radius 1 is 1.03 bits per heavy atom. The molecule has 0 aliphatic carbocycles. The van der Waals surface area contributed by atoms with Crippen molar-refractivity contribution >= 4 is 35.0 Å².